The van der Waals surface area contributed by atoms with Crippen LogP contribution in [0.15, 0.2) is 66.7 Å². The quantitative estimate of drug-likeness (QED) is 0.653. The average molecular weight is 382 g/mol. The van der Waals surface area contributed by atoms with Crippen molar-refractivity contribution in [2.75, 3.05) is 12.4 Å². The molecule has 0 unspecified atom stereocenters. The lowest BCUT2D eigenvalue weighted by molar-refractivity contribution is -0.110. The maximum absolute atomic E-state index is 12.3. The average Bonchev–Trinajstić information content (AvgIpc) is 3.08. The van der Waals surface area contributed by atoms with Crippen molar-refractivity contribution in [3.63, 3.8) is 0 Å². The van der Waals surface area contributed by atoms with Crippen molar-refractivity contribution in [2.24, 2.45) is 0 Å². The molecule has 29 heavy (non-hydrogen) atoms. The lowest BCUT2D eigenvalue weighted by Gasteiger charge is -2.12. The number of nitrogens with zero attached hydrogens (tertiary/aromatic N) is 1. The van der Waals surface area contributed by atoms with Crippen LogP contribution in [0.4, 0.5) is 5.69 Å². The molecule has 1 aliphatic heterocycles. The molecule has 5 heteroatoms. The molecular weight excluding hydrogens is 364 g/mol. The number of fused-ring (bicyclic) bond motifs is 1. The topological polar surface area (TPSA) is 71.3 Å². The van der Waals surface area contributed by atoms with Crippen LogP contribution in [0.5, 0.6) is 11.5 Å². The minimum atomic E-state index is -0.126. The van der Waals surface area contributed by atoms with Crippen LogP contribution in [0.2, 0.25) is 0 Å². The molecule has 0 bridgehead atoms. The zero-order chi connectivity index (χ0) is 20.2. The number of carbonyl (C=O) groups is 1. The Labute approximate surface area is 168 Å². The van der Waals surface area contributed by atoms with Crippen LogP contribution < -0.4 is 14.8 Å². The Balaban J connectivity index is 1.59. The Morgan fingerprint density at radius 3 is 2.66 bits per heavy atom. The molecule has 0 aliphatic carbocycles. The number of anilines is 1. The summed E-state index contributed by atoms with van der Waals surface area (Å²) in [5.41, 5.74) is 4.52. The standard InChI is InChI=1S/C24H18N2O3/c1-28-23-13-16(12-20-19-8-4-5-9-21(19)26-24(20)27)10-11-22(23)29-15-18-7-3-2-6-17(18)14-25/h2-13H,15H2,1H3,(H,26,27)/b20-12-. The molecule has 0 spiro atoms. The van der Waals surface area contributed by atoms with E-state index in [-0.39, 0.29) is 12.5 Å². The lowest BCUT2D eigenvalue weighted by Crippen LogP contribution is -2.03. The van der Waals surface area contributed by atoms with E-state index in [0.717, 1.165) is 22.4 Å². The highest BCUT2D eigenvalue weighted by Crippen LogP contribution is 2.35. The molecular formula is C24H18N2O3. The SMILES string of the molecule is COc1cc(/C=C2\C(=O)Nc3ccccc32)ccc1OCc1ccccc1C#N. The van der Waals surface area contributed by atoms with E-state index in [1.807, 2.05) is 60.7 Å². The molecule has 0 saturated carbocycles. The van der Waals surface area contributed by atoms with Gasteiger partial charge in [-0.2, -0.15) is 5.26 Å². The number of nitrogens with one attached hydrogen (secondary N) is 1. The summed E-state index contributed by atoms with van der Waals surface area (Å²) >= 11 is 0. The molecule has 3 aromatic rings. The summed E-state index contributed by atoms with van der Waals surface area (Å²) in [5.74, 6) is 0.998. The van der Waals surface area contributed by atoms with E-state index in [1.54, 1.807) is 19.2 Å². The van der Waals surface area contributed by atoms with Gasteiger partial charge in [0.05, 0.1) is 18.7 Å². The maximum Gasteiger partial charge on any atom is 0.256 e. The molecule has 3 aromatic carbocycles. The molecule has 0 atom stereocenters. The fraction of sp³-hybridized carbons (Fsp3) is 0.0833. The number of ether oxygens (including phenoxy) is 2. The molecule has 0 saturated heterocycles. The summed E-state index contributed by atoms with van der Waals surface area (Å²) in [6.45, 7) is 0.260. The Kier molecular flexibility index (Phi) is 5.00. The lowest BCUT2D eigenvalue weighted by atomic mass is 10.0. The zero-order valence-electron chi connectivity index (χ0n) is 15.8. The highest BCUT2D eigenvalue weighted by molar-refractivity contribution is 6.34. The van der Waals surface area contributed by atoms with Crippen LogP contribution in [0, 0.1) is 11.3 Å². The van der Waals surface area contributed by atoms with Gasteiger partial charge in [0, 0.05) is 22.4 Å². The molecule has 1 heterocycles. The van der Waals surface area contributed by atoms with Crippen LogP contribution in [0.3, 0.4) is 0 Å². The Morgan fingerprint density at radius 2 is 1.83 bits per heavy atom. The molecule has 1 aliphatic rings. The second-order valence-corrected chi connectivity index (χ2v) is 6.53. The molecule has 0 radical (unpaired) electrons. The first kappa shape index (κ1) is 18.3. The van der Waals surface area contributed by atoms with Crippen molar-refractivity contribution < 1.29 is 14.3 Å². The van der Waals surface area contributed by atoms with E-state index in [9.17, 15) is 10.1 Å². The van der Waals surface area contributed by atoms with E-state index in [0.29, 0.717) is 22.6 Å². The largest absolute Gasteiger partial charge is 0.493 e. The summed E-state index contributed by atoms with van der Waals surface area (Å²) in [5, 5.41) is 12.1. The van der Waals surface area contributed by atoms with Gasteiger partial charge in [-0.3, -0.25) is 4.79 Å². The minimum Gasteiger partial charge on any atom is -0.493 e. The van der Waals surface area contributed by atoms with Crippen molar-refractivity contribution >= 4 is 23.2 Å². The highest BCUT2D eigenvalue weighted by Gasteiger charge is 2.23. The molecule has 4 rings (SSSR count). The van der Waals surface area contributed by atoms with Gasteiger partial charge in [0.15, 0.2) is 11.5 Å². The van der Waals surface area contributed by atoms with Gasteiger partial charge in [-0.15, -0.1) is 0 Å². The van der Waals surface area contributed by atoms with Crippen LogP contribution >= 0.6 is 0 Å². The van der Waals surface area contributed by atoms with Crippen molar-refractivity contribution in [2.45, 2.75) is 6.61 Å². The van der Waals surface area contributed by atoms with Crippen molar-refractivity contribution in [1.82, 2.24) is 0 Å². The van der Waals surface area contributed by atoms with Crippen molar-refractivity contribution in [3.8, 4) is 17.6 Å². The first-order valence-electron chi connectivity index (χ1n) is 9.11. The third kappa shape index (κ3) is 3.69. The molecule has 1 amide bonds. The fourth-order valence-electron chi connectivity index (χ4n) is 3.25. The van der Waals surface area contributed by atoms with E-state index in [1.165, 1.54) is 0 Å². The Hall–Kier alpha value is -4.04. The normalized spacial score (nSPS) is 13.5. The number of benzene rings is 3. The number of methoxy groups -OCH3 is 1. The summed E-state index contributed by atoms with van der Waals surface area (Å²) in [6.07, 6.45) is 1.83. The van der Waals surface area contributed by atoms with Gasteiger partial charge in [0.25, 0.3) is 5.91 Å². The monoisotopic (exact) mass is 382 g/mol. The first-order chi connectivity index (χ1) is 14.2. The summed E-state index contributed by atoms with van der Waals surface area (Å²) < 4.78 is 11.4. The molecule has 142 valence electrons. The van der Waals surface area contributed by atoms with Gasteiger partial charge in [-0.1, -0.05) is 42.5 Å². The Bertz CT molecular complexity index is 1160. The molecule has 1 N–H and O–H groups in total. The maximum atomic E-state index is 12.3. The molecule has 0 aromatic heterocycles. The first-order valence-corrected chi connectivity index (χ1v) is 9.11. The number of para-hydroxylation sites is 1. The highest BCUT2D eigenvalue weighted by atomic mass is 16.5. The van der Waals surface area contributed by atoms with Gasteiger partial charge in [-0.05, 0) is 35.9 Å². The van der Waals surface area contributed by atoms with Crippen LogP contribution in [-0.2, 0) is 11.4 Å². The second kappa shape index (κ2) is 7.91. The molecule has 0 fully saturated rings. The van der Waals surface area contributed by atoms with Gasteiger partial charge in [0.1, 0.15) is 6.61 Å². The summed E-state index contributed by atoms with van der Waals surface area (Å²) in [4.78, 5) is 12.3. The second-order valence-electron chi connectivity index (χ2n) is 6.53. The smallest absolute Gasteiger partial charge is 0.256 e. The number of amides is 1. The van der Waals surface area contributed by atoms with Crippen molar-refractivity contribution in [1.29, 1.82) is 5.26 Å². The van der Waals surface area contributed by atoms with Crippen molar-refractivity contribution in [3.05, 3.63) is 89.0 Å². The zero-order valence-corrected chi connectivity index (χ0v) is 15.8. The third-order valence-electron chi connectivity index (χ3n) is 4.73. The van der Waals surface area contributed by atoms with E-state index in [4.69, 9.17) is 9.47 Å². The Morgan fingerprint density at radius 1 is 1.03 bits per heavy atom. The van der Waals surface area contributed by atoms with Gasteiger partial charge < -0.3 is 14.8 Å². The van der Waals surface area contributed by atoms with E-state index >= 15 is 0 Å². The van der Waals surface area contributed by atoms with E-state index in [2.05, 4.69) is 11.4 Å². The number of nitriles is 1. The summed E-state index contributed by atoms with van der Waals surface area (Å²) in [6, 6.07) is 22.6. The third-order valence-corrected chi connectivity index (χ3v) is 4.73. The summed E-state index contributed by atoms with van der Waals surface area (Å²) in [7, 11) is 1.57. The van der Waals surface area contributed by atoms with Gasteiger partial charge in [0.2, 0.25) is 0 Å². The number of hydrogen-bond acceptors (Lipinski definition) is 4. The van der Waals surface area contributed by atoms with Crippen LogP contribution in [0.1, 0.15) is 22.3 Å². The number of hydrogen-bond donors (Lipinski definition) is 1. The van der Waals surface area contributed by atoms with Crippen LogP contribution in [-0.4, -0.2) is 13.0 Å². The number of carbonyl (C=O) groups excluding carboxylic acids is 1. The van der Waals surface area contributed by atoms with E-state index < -0.39 is 0 Å². The fourth-order valence-corrected chi connectivity index (χ4v) is 3.25. The number of rotatable bonds is 5. The van der Waals surface area contributed by atoms with Gasteiger partial charge in [-0.25, -0.2) is 0 Å². The predicted molar refractivity (Wildman–Crippen MR) is 111 cm³/mol. The van der Waals surface area contributed by atoms with Crippen LogP contribution in [0.25, 0.3) is 11.6 Å². The molecule has 5 nitrogen and oxygen atoms in total. The predicted octanol–water partition coefficient (Wildman–Crippen LogP) is 4.64. The van der Waals surface area contributed by atoms with Gasteiger partial charge >= 0.3 is 0 Å². The minimum absolute atomic E-state index is 0.126.